The third-order valence-electron chi connectivity index (χ3n) is 2.73. The maximum absolute atomic E-state index is 11.9. The third kappa shape index (κ3) is 5.82. The van der Waals surface area contributed by atoms with Crippen molar-refractivity contribution in [3.63, 3.8) is 0 Å². The normalized spacial score (nSPS) is 14.3. The van der Waals surface area contributed by atoms with E-state index in [9.17, 15) is 8.42 Å². The van der Waals surface area contributed by atoms with E-state index in [-0.39, 0.29) is 11.8 Å². The summed E-state index contributed by atoms with van der Waals surface area (Å²) in [6, 6.07) is 0.0983. The summed E-state index contributed by atoms with van der Waals surface area (Å²) < 4.78 is 25.3. The van der Waals surface area contributed by atoms with Crippen LogP contribution in [0.2, 0.25) is 0 Å². The van der Waals surface area contributed by atoms with Crippen molar-refractivity contribution in [1.29, 1.82) is 0 Å². The molecule has 98 valence electrons. The fourth-order valence-electron chi connectivity index (χ4n) is 1.52. The Kier molecular flexibility index (Phi) is 7.97. The largest absolute Gasteiger partial charge is 0.316 e. The topological polar surface area (TPSA) is 49.4 Å². The molecule has 0 aromatic heterocycles. The Morgan fingerprint density at radius 1 is 1.19 bits per heavy atom. The summed E-state index contributed by atoms with van der Waals surface area (Å²) >= 11 is 0. The van der Waals surface area contributed by atoms with Crippen LogP contribution in [0.15, 0.2) is 0 Å². The highest BCUT2D eigenvalue weighted by Crippen LogP contribution is 2.09. The molecule has 0 fully saturated rings. The molecule has 0 rings (SSSR count). The summed E-state index contributed by atoms with van der Waals surface area (Å²) in [5.74, 6) is 0.192. The maximum Gasteiger partial charge on any atom is 0.215 e. The van der Waals surface area contributed by atoms with Crippen molar-refractivity contribution in [2.24, 2.45) is 0 Å². The van der Waals surface area contributed by atoms with Gasteiger partial charge in [-0.2, -0.15) is 0 Å². The van der Waals surface area contributed by atoms with Crippen molar-refractivity contribution in [1.82, 2.24) is 9.62 Å². The number of sulfonamides is 1. The Hall–Kier alpha value is -0.130. The lowest BCUT2D eigenvalue weighted by Gasteiger charge is -2.23. The van der Waals surface area contributed by atoms with Gasteiger partial charge >= 0.3 is 0 Å². The average molecular weight is 250 g/mol. The van der Waals surface area contributed by atoms with Crippen molar-refractivity contribution >= 4 is 10.0 Å². The quantitative estimate of drug-likeness (QED) is 0.630. The molecule has 0 saturated heterocycles. The van der Waals surface area contributed by atoms with Crippen molar-refractivity contribution in [3.8, 4) is 0 Å². The molecule has 0 aliphatic rings. The fraction of sp³-hybridized carbons (Fsp3) is 1.00. The zero-order chi connectivity index (χ0) is 12.6. The molecule has 0 radical (unpaired) electrons. The molecule has 5 heteroatoms. The molecular weight excluding hydrogens is 224 g/mol. The van der Waals surface area contributed by atoms with E-state index in [4.69, 9.17) is 0 Å². The second kappa shape index (κ2) is 8.03. The van der Waals surface area contributed by atoms with Gasteiger partial charge in [-0.05, 0) is 26.3 Å². The summed E-state index contributed by atoms with van der Waals surface area (Å²) in [6.07, 6.45) is 2.95. The van der Waals surface area contributed by atoms with Gasteiger partial charge in [0.2, 0.25) is 10.0 Å². The first-order valence-electron chi connectivity index (χ1n) is 6.12. The van der Waals surface area contributed by atoms with Gasteiger partial charge in [0.1, 0.15) is 0 Å². The zero-order valence-electron chi connectivity index (χ0n) is 11.0. The highest BCUT2D eigenvalue weighted by molar-refractivity contribution is 7.89. The summed E-state index contributed by atoms with van der Waals surface area (Å²) in [7, 11) is -1.42. The average Bonchev–Trinajstić information content (AvgIpc) is 2.23. The van der Waals surface area contributed by atoms with E-state index < -0.39 is 10.0 Å². The Balaban J connectivity index is 4.10. The van der Waals surface area contributed by atoms with E-state index >= 15 is 0 Å². The Morgan fingerprint density at radius 2 is 1.81 bits per heavy atom. The van der Waals surface area contributed by atoms with Gasteiger partial charge < -0.3 is 5.32 Å². The zero-order valence-corrected chi connectivity index (χ0v) is 11.8. The van der Waals surface area contributed by atoms with Gasteiger partial charge in [-0.1, -0.05) is 20.3 Å². The van der Waals surface area contributed by atoms with Crippen LogP contribution in [-0.2, 0) is 10.0 Å². The fourth-order valence-corrected chi connectivity index (χ4v) is 2.86. The van der Waals surface area contributed by atoms with Gasteiger partial charge in [-0.3, -0.25) is 0 Å². The minimum Gasteiger partial charge on any atom is -0.316 e. The molecule has 0 heterocycles. The molecule has 0 bridgehead atoms. The van der Waals surface area contributed by atoms with E-state index in [1.54, 1.807) is 7.05 Å². The van der Waals surface area contributed by atoms with Gasteiger partial charge in [0.05, 0.1) is 5.75 Å². The van der Waals surface area contributed by atoms with Crippen LogP contribution in [0.5, 0.6) is 0 Å². The van der Waals surface area contributed by atoms with Crippen LogP contribution >= 0.6 is 0 Å². The molecule has 1 atom stereocenters. The lowest BCUT2D eigenvalue weighted by Crippen LogP contribution is -2.39. The number of hydrogen-bond donors (Lipinski definition) is 1. The van der Waals surface area contributed by atoms with Crippen molar-refractivity contribution in [2.45, 2.75) is 46.1 Å². The predicted octanol–water partition coefficient (Wildman–Crippen LogP) is 1.44. The standard InChI is InChI=1S/C11H26N2O2S/c1-5-7-11(3)13(4)16(14,15)10-9-12-8-6-2/h11-12H,5-10H2,1-4H3. The monoisotopic (exact) mass is 250 g/mol. The molecule has 0 aromatic rings. The maximum atomic E-state index is 11.9. The first-order chi connectivity index (χ1) is 7.45. The van der Waals surface area contributed by atoms with Crippen LogP contribution in [0.1, 0.15) is 40.0 Å². The van der Waals surface area contributed by atoms with Crippen LogP contribution in [0.4, 0.5) is 0 Å². The minimum absolute atomic E-state index is 0.0983. The number of nitrogens with one attached hydrogen (secondary N) is 1. The van der Waals surface area contributed by atoms with Crippen molar-refractivity contribution in [2.75, 3.05) is 25.9 Å². The van der Waals surface area contributed by atoms with Crippen molar-refractivity contribution < 1.29 is 8.42 Å². The first kappa shape index (κ1) is 15.9. The van der Waals surface area contributed by atoms with E-state index in [0.717, 1.165) is 25.8 Å². The van der Waals surface area contributed by atoms with Gasteiger partial charge in [0, 0.05) is 19.6 Å². The molecule has 0 amide bonds. The molecule has 0 saturated carbocycles. The first-order valence-corrected chi connectivity index (χ1v) is 7.73. The third-order valence-corrected chi connectivity index (χ3v) is 4.69. The van der Waals surface area contributed by atoms with Crippen LogP contribution in [0.25, 0.3) is 0 Å². The van der Waals surface area contributed by atoms with Gasteiger partial charge in [-0.25, -0.2) is 12.7 Å². The second-order valence-corrected chi connectivity index (χ2v) is 6.37. The SMILES string of the molecule is CCCNCCS(=O)(=O)N(C)C(C)CCC. The van der Waals surface area contributed by atoms with Crippen LogP contribution < -0.4 is 5.32 Å². The van der Waals surface area contributed by atoms with E-state index in [1.807, 2.05) is 6.92 Å². The highest BCUT2D eigenvalue weighted by atomic mass is 32.2. The van der Waals surface area contributed by atoms with E-state index in [0.29, 0.717) is 6.54 Å². The Labute approximate surface area is 100 Å². The Bertz CT molecular complexity index is 265. The van der Waals surface area contributed by atoms with E-state index in [2.05, 4.69) is 19.2 Å². The highest BCUT2D eigenvalue weighted by Gasteiger charge is 2.21. The molecule has 16 heavy (non-hydrogen) atoms. The summed E-state index contributed by atoms with van der Waals surface area (Å²) in [4.78, 5) is 0. The van der Waals surface area contributed by atoms with Crippen LogP contribution in [0, 0.1) is 0 Å². The molecule has 1 N–H and O–H groups in total. The number of hydrogen-bond acceptors (Lipinski definition) is 3. The molecule has 0 aliphatic carbocycles. The molecule has 1 unspecified atom stereocenters. The summed E-state index contributed by atoms with van der Waals surface area (Å²) in [6.45, 7) is 7.51. The summed E-state index contributed by atoms with van der Waals surface area (Å²) in [5, 5.41) is 3.11. The molecule has 0 aliphatic heterocycles. The van der Waals surface area contributed by atoms with Crippen LogP contribution in [-0.4, -0.2) is 44.7 Å². The molecule has 4 nitrogen and oxygen atoms in total. The van der Waals surface area contributed by atoms with Gasteiger partial charge in [0.25, 0.3) is 0 Å². The predicted molar refractivity (Wildman–Crippen MR) is 69.1 cm³/mol. The Morgan fingerprint density at radius 3 is 2.31 bits per heavy atom. The van der Waals surface area contributed by atoms with Crippen molar-refractivity contribution in [3.05, 3.63) is 0 Å². The molecular formula is C11H26N2O2S. The number of nitrogens with zero attached hydrogens (tertiary/aromatic N) is 1. The van der Waals surface area contributed by atoms with Gasteiger partial charge in [0.15, 0.2) is 0 Å². The lowest BCUT2D eigenvalue weighted by molar-refractivity contribution is 0.368. The number of rotatable bonds is 9. The van der Waals surface area contributed by atoms with E-state index in [1.165, 1.54) is 4.31 Å². The lowest BCUT2D eigenvalue weighted by atomic mass is 10.2. The minimum atomic E-state index is -3.09. The summed E-state index contributed by atoms with van der Waals surface area (Å²) in [5.41, 5.74) is 0. The molecule has 0 spiro atoms. The van der Waals surface area contributed by atoms with Gasteiger partial charge in [-0.15, -0.1) is 0 Å². The smallest absolute Gasteiger partial charge is 0.215 e. The molecule has 0 aromatic carbocycles. The second-order valence-electron chi connectivity index (χ2n) is 4.22. The van der Waals surface area contributed by atoms with Crippen LogP contribution in [0.3, 0.4) is 0 Å².